The number of hydrogen-bond acceptors (Lipinski definition) is 2. The highest BCUT2D eigenvalue weighted by Crippen LogP contribution is 2.46. The topological polar surface area (TPSA) is 56.3 Å². The highest BCUT2D eigenvalue weighted by atomic mass is 35.5. The number of benzene rings is 1. The number of carbonyl (C=O) groups is 1. The molecule has 1 aromatic carbocycles. The molecule has 2 saturated heterocycles. The summed E-state index contributed by atoms with van der Waals surface area (Å²) in [7, 11) is 0. The number of piperidine rings is 1. The number of aliphatic hydroxyl groups is 1. The van der Waals surface area contributed by atoms with E-state index in [-0.39, 0.29) is 18.0 Å². The van der Waals surface area contributed by atoms with Gasteiger partial charge in [-0.1, -0.05) is 23.7 Å². The van der Waals surface area contributed by atoms with Crippen LogP contribution >= 0.6 is 11.6 Å². The van der Waals surface area contributed by atoms with Crippen LogP contribution in [-0.2, 0) is 5.60 Å². The van der Waals surface area contributed by atoms with Crippen LogP contribution in [0.3, 0.4) is 0 Å². The molecule has 4 nitrogen and oxygen atoms in total. The van der Waals surface area contributed by atoms with Crippen LogP contribution in [0.15, 0.2) is 36.7 Å². The standard InChI is InChI=1S/C19H21ClN2O2/c1-12-10-21-11-17(12)18(23)22-15-6-7-16(22)9-19(24,8-15)13-2-4-14(20)5-3-13/h2-5,10-11,15-16,21,24H,6-9H2,1H3. The van der Waals surface area contributed by atoms with Crippen molar-refractivity contribution in [3.63, 3.8) is 0 Å². The normalized spacial score (nSPS) is 29.0. The fourth-order valence-electron chi connectivity index (χ4n) is 4.36. The molecule has 2 aliphatic rings. The number of nitrogens with zero attached hydrogens (tertiary/aromatic N) is 1. The van der Waals surface area contributed by atoms with Crippen molar-refractivity contribution in [3.05, 3.63) is 58.4 Å². The van der Waals surface area contributed by atoms with Crippen LogP contribution in [0, 0.1) is 6.92 Å². The first kappa shape index (κ1) is 15.7. The number of hydrogen-bond donors (Lipinski definition) is 2. The molecule has 2 fully saturated rings. The Morgan fingerprint density at radius 3 is 2.38 bits per heavy atom. The van der Waals surface area contributed by atoms with Gasteiger partial charge in [0, 0.05) is 42.3 Å². The molecule has 1 aromatic heterocycles. The predicted octanol–water partition coefficient (Wildman–Crippen LogP) is 3.63. The van der Waals surface area contributed by atoms with E-state index >= 15 is 0 Å². The van der Waals surface area contributed by atoms with Gasteiger partial charge in [0.05, 0.1) is 11.2 Å². The molecule has 24 heavy (non-hydrogen) atoms. The zero-order chi connectivity index (χ0) is 16.9. The van der Waals surface area contributed by atoms with Crippen LogP contribution < -0.4 is 0 Å². The maximum atomic E-state index is 12.9. The second-order valence-electron chi connectivity index (χ2n) is 7.10. The predicted molar refractivity (Wildman–Crippen MR) is 93.1 cm³/mol. The molecule has 0 radical (unpaired) electrons. The van der Waals surface area contributed by atoms with Gasteiger partial charge in [0.2, 0.25) is 0 Å². The third-order valence-corrected chi connectivity index (χ3v) is 5.82. The minimum absolute atomic E-state index is 0.0828. The van der Waals surface area contributed by atoms with Gasteiger partial charge >= 0.3 is 0 Å². The third kappa shape index (κ3) is 2.45. The number of aryl methyl sites for hydroxylation is 1. The van der Waals surface area contributed by atoms with Crippen LogP contribution in [0.2, 0.25) is 5.02 Å². The summed E-state index contributed by atoms with van der Waals surface area (Å²) in [5.41, 5.74) is 1.73. The number of fused-ring (bicyclic) bond motifs is 2. The summed E-state index contributed by atoms with van der Waals surface area (Å²) in [5.74, 6) is 0.0828. The van der Waals surface area contributed by atoms with Crippen molar-refractivity contribution < 1.29 is 9.90 Å². The average molecular weight is 345 g/mol. The first-order chi connectivity index (χ1) is 11.5. The molecule has 126 valence electrons. The van der Waals surface area contributed by atoms with Gasteiger partial charge in [-0.3, -0.25) is 4.79 Å². The van der Waals surface area contributed by atoms with Gasteiger partial charge in [-0.15, -0.1) is 0 Å². The van der Waals surface area contributed by atoms with Crippen LogP contribution in [0.1, 0.15) is 47.2 Å². The number of aromatic amines is 1. The van der Waals surface area contributed by atoms with E-state index < -0.39 is 5.60 Å². The van der Waals surface area contributed by atoms with Gasteiger partial charge in [0.15, 0.2) is 0 Å². The lowest BCUT2D eigenvalue weighted by molar-refractivity contribution is -0.0479. The molecule has 2 N–H and O–H groups in total. The average Bonchev–Trinajstić information content (AvgIpc) is 3.09. The number of amides is 1. The van der Waals surface area contributed by atoms with Crippen LogP contribution in [-0.4, -0.2) is 33.0 Å². The van der Waals surface area contributed by atoms with E-state index in [1.807, 2.05) is 42.3 Å². The van der Waals surface area contributed by atoms with Gasteiger partial charge in [-0.25, -0.2) is 0 Å². The lowest BCUT2D eigenvalue weighted by Crippen LogP contribution is -2.52. The molecule has 0 aliphatic carbocycles. The molecule has 3 heterocycles. The maximum absolute atomic E-state index is 12.9. The Morgan fingerprint density at radius 2 is 1.83 bits per heavy atom. The maximum Gasteiger partial charge on any atom is 0.256 e. The van der Waals surface area contributed by atoms with E-state index in [1.54, 1.807) is 6.20 Å². The molecular weight excluding hydrogens is 324 g/mol. The highest BCUT2D eigenvalue weighted by Gasteiger charge is 2.50. The monoisotopic (exact) mass is 344 g/mol. The largest absolute Gasteiger partial charge is 0.385 e. The first-order valence-electron chi connectivity index (χ1n) is 8.42. The van der Waals surface area contributed by atoms with E-state index in [0.29, 0.717) is 17.9 Å². The van der Waals surface area contributed by atoms with Crippen molar-refractivity contribution in [2.45, 2.75) is 50.3 Å². The molecular formula is C19H21ClN2O2. The van der Waals surface area contributed by atoms with Crippen molar-refractivity contribution in [2.24, 2.45) is 0 Å². The Labute approximate surface area is 146 Å². The van der Waals surface area contributed by atoms with Crippen LogP contribution in [0.25, 0.3) is 0 Å². The Kier molecular flexibility index (Phi) is 3.70. The second-order valence-corrected chi connectivity index (χ2v) is 7.53. The number of rotatable bonds is 2. The number of aromatic nitrogens is 1. The fourth-order valence-corrected chi connectivity index (χ4v) is 4.49. The van der Waals surface area contributed by atoms with E-state index in [9.17, 15) is 9.90 Å². The van der Waals surface area contributed by atoms with Gasteiger partial charge in [-0.2, -0.15) is 0 Å². The van der Waals surface area contributed by atoms with Gasteiger partial charge < -0.3 is 15.0 Å². The molecule has 2 aromatic rings. The van der Waals surface area contributed by atoms with Crippen molar-refractivity contribution in [1.29, 1.82) is 0 Å². The van der Waals surface area contributed by atoms with E-state index in [0.717, 1.165) is 29.5 Å². The van der Waals surface area contributed by atoms with E-state index in [4.69, 9.17) is 11.6 Å². The molecule has 4 rings (SSSR count). The molecule has 2 atom stereocenters. The smallest absolute Gasteiger partial charge is 0.256 e. The zero-order valence-corrected chi connectivity index (χ0v) is 14.4. The Balaban J connectivity index is 1.61. The Bertz CT molecular complexity index is 754. The molecule has 0 saturated carbocycles. The highest BCUT2D eigenvalue weighted by molar-refractivity contribution is 6.30. The summed E-state index contributed by atoms with van der Waals surface area (Å²) in [6.07, 6.45) is 6.70. The van der Waals surface area contributed by atoms with Crippen molar-refractivity contribution in [1.82, 2.24) is 9.88 Å². The molecule has 2 aliphatic heterocycles. The number of nitrogens with one attached hydrogen (secondary N) is 1. The summed E-state index contributed by atoms with van der Waals surface area (Å²) in [5, 5.41) is 11.9. The Hall–Kier alpha value is -1.78. The molecule has 1 amide bonds. The number of H-pyrrole nitrogens is 1. The summed E-state index contributed by atoms with van der Waals surface area (Å²) >= 11 is 5.96. The minimum Gasteiger partial charge on any atom is -0.385 e. The van der Waals surface area contributed by atoms with E-state index in [1.165, 1.54) is 0 Å². The van der Waals surface area contributed by atoms with Crippen molar-refractivity contribution >= 4 is 17.5 Å². The molecule has 0 spiro atoms. The number of halogens is 1. The van der Waals surface area contributed by atoms with Gasteiger partial charge in [0.25, 0.3) is 5.91 Å². The van der Waals surface area contributed by atoms with Crippen LogP contribution in [0.5, 0.6) is 0 Å². The molecule has 2 unspecified atom stereocenters. The Morgan fingerprint density at radius 1 is 1.21 bits per heavy atom. The quantitative estimate of drug-likeness (QED) is 0.874. The lowest BCUT2D eigenvalue weighted by Gasteiger charge is -2.44. The SMILES string of the molecule is Cc1c[nH]cc1C(=O)N1C2CCC1CC(O)(c1ccc(Cl)cc1)C2. The van der Waals surface area contributed by atoms with Crippen molar-refractivity contribution in [3.8, 4) is 0 Å². The third-order valence-electron chi connectivity index (χ3n) is 5.57. The van der Waals surface area contributed by atoms with Gasteiger partial charge in [0.1, 0.15) is 0 Å². The summed E-state index contributed by atoms with van der Waals surface area (Å²) in [4.78, 5) is 17.9. The summed E-state index contributed by atoms with van der Waals surface area (Å²) in [6.45, 7) is 1.94. The van der Waals surface area contributed by atoms with Crippen LogP contribution in [0.4, 0.5) is 0 Å². The zero-order valence-electron chi connectivity index (χ0n) is 13.6. The number of carbonyl (C=O) groups excluding carboxylic acids is 1. The molecule has 5 heteroatoms. The lowest BCUT2D eigenvalue weighted by atomic mass is 9.80. The van der Waals surface area contributed by atoms with Gasteiger partial charge in [-0.05, 0) is 43.0 Å². The summed E-state index contributed by atoms with van der Waals surface area (Å²) < 4.78 is 0. The summed E-state index contributed by atoms with van der Waals surface area (Å²) in [6, 6.07) is 7.61. The molecule has 2 bridgehead atoms. The van der Waals surface area contributed by atoms with Crippen molar-refractivity contribution in [2.75, 3.05) is 0 Å². The first-order valence-corrected chi connectivity index (χ1v) is 8.80. The van der Waals surface area contributed by atoms with E-state index in [2.05, 4.69) is 4.98 Å². The fraction of sp³-hybridized carbons (Fsp3) is 0.421. The second kappa shape index (κ2) is 5.64. The minimum atomic E-state index is -0.875.